The Bertz CT molecular complexity index is 513. The number of thioether (sulfide) groups is 1. The van der Waals surface area contributed by atoms with Gasteiger partial charge in [0.05, 0.1) is 6.10 Å². The number of halogens is 1. The van der Waals surface area contributed by atoms with E-state index in [1.807, 2.05) is 6.26 Å². The molecule has 2 unspecified atom stereocenters. The molecule has 0 saturated heterocycles. The number of hydrogen-bond donors (Lipinski definition) is 3. The molecule has 0 bridgehead atoms. The van der Waals surface area contributed by atoms with E-state index in [1.54, 1.807) is 17.8 Å². The SMILES string of the molecule is CSCc1cc(F)ccc1CNC(=O)NCC1CCC(O)C1. The summed E-state index contributed by atoms with van der Waals surface area (Å²) in [6.07, 6.45) is 4.28. The number of carbonyl (C=O) groups is 1. The first-order valence-corrected chi connectivity index (χ1v) is 8.94. The van der Waals surface area contributed by atoms with Gasteiger partial charge < -0.3 is 15.7 Å². The predicted octanol–water partition coefficient (Wildman–Crippen LogP) is 2.65. The van der Waals surface area contributed by atoms with Gasteiger partial charge in [-0.05, 0) is 54.7 Å². The van der Waals surface area contributed by atoms with Gasteiger partial charge in [0.1, 0.15) is 5.82 Å². The molecule has 3 N–H and O–H groups in total. The molecule has 0 aliphatic heterocycles. The highest BCUT2D eigenvalue weighted by atomic mass is 32.2. The van der Waals surface area contributed by atoms with Crippen molar-refractivity contribution in [3.63, 3.8) is 0 Å². The normalized spacial score (nSPS) is 20.9. The second-order valence-corrected chi connectivity index (χ2v) is 6.61. The lowest BCUT2D eigenvalue weighted by Crippen LogP contribution is -2.37. The molecule has 0 radical (unpaired) electrons. The molecule has 6 heteroatoms. The molecule has 0 spiro atoms. The van der Waals surface area contributed by atoms with Gasteiger partial charge >= 0.3 is 6.03 Å². The average Bonchev–Trinajstić information content (AvgIpc) is 2.90. The van der Waals surface area contributed by atoms with Crippen LogP contribution in [-0.4, -0.2) is 30.0 Å². The fourth-order valence-corrected chi connectivity index (χ4v) is 3.35. The summed E-state index contributed by atoms with van der Waals surface area (Å²) in [6, 6.07) is 4.43. The first kappa shape index (κ1) is 17.1. The minimum Gasteiger partial charge on any atom is -0.393 e. The summed E-state index contributed by atoms with van der Waals surface area (Å²) in [5.74, 6) is 0.826. The molecule has 1 fully saturated rings. The number of amides is 2. The Labute approximate surface area is 134 Å². The standard InChI is InChI=1S/C16H23FN2O2S/c1-22-10-13-7-14(17)4-3-12(13)9-19-16(21)18-8-11-2-5-15(20)6-11/h3-4,7,11,15,20H,2,5-6,8-10H2,1H3,(H2,18,19,21). The van der Waals surface area contributed by atoms with Crippen LogP contribution in [0.2, 0.25) is 0 Å². The fourth-order valence-electron chi connectivity index (χ4n) is 2.77. The zero-order chi connectivity index (χ0) is 15.9. The van der Waals surface area contributed by atoms with Gasteiger partial charge in [-0.1, -0.05) is 6.07 Å². The van der Waals surface area contributed by atoms with E-state index in [-0.39, 0.29) is 18.0 Å². The molecule has 1 aliphatic rings. The lowest BCUT2D eigenvalue weighted by molar-refractivity contribution is 0.177. The summed E-state index contributed by atoms with van der Waals surface area (Å²) in [5, 5.41) is 15.1. The highest BCUT2D eigenvalue weighted by molar-refractivity contribution is 7.97. The first-order valence-electron chi connectivity index (χ1n) is 7.54. The number of hydrogen-bond acceptors (Lipinski definition) is 3. The molecule has 1 aliphatic carbocycles. The second-order valence-electron chi connectivity index (χ2n) is 5.74. The molecule has 22 heavy (non-hydrogen) atoms. The van der Waals surface area contributed by atoms with Crippen LogP contribution >= 0.6 is 11.8 Å². The van der Waals surface area contributed by atoms with Crippen molar-refractivity contribution in [2.75, 3.05) is 12.8 Å². The van der Waals surface area contributed by atoms with Crippen molar-refractivity contribution < 1.29 is 14.3 Å². The number of aliphatic hydroxyl groups excluding tert-OH is 1. The molecule has 4 nitrogen and oxygen atoms in total. The van der Waals surface area contributed by atoms with Crippen LogP contribution in [0.5, 0.6) is 0 Å². The molecule has 2 atom stereocenters. The topological polar surface area (TPSA) is 61.4 Å². The molecule has 1 aromatic carbocycles. The number of nitrogens with one attached hydrogen (secondary N) is 2. The van der Waals surface area contributed by atoms with E-state index in [1.165, 1.54) is 12.1 Å². The Hall–Kier alpha value is -1.27. The Morgan fingerprint density at radius 1 is 1.36 bits per heavy atom. The lowest BCUT2D eigenvalue weighted by atomic mass is 10.1. The number of carbonyl (C=O) groups excluding carboxylic acids is 1. The summed E-state index contributed by atoms with van der Waals surface area (Å²) in [6.45, 7) is 0.972. The van der Waals surface area contributed by atoms with Gasteiger partial charge in [-0.3, -0.25) is 0 Å². The van der Waals surface area contributed by atoms with Crippen LogP contribution in [0.3, 0.4) is 0 Å². The third-order valence-corrected chi connectivity index (χ3v) is 4.57. The summed E-state index contributed by atoms with van der Waals surface area (Å²) < 4.78 is 13.3. The minimum absolute atomic E-state index is 0.219. The maximum Gasteiger partial charge on any atom is 0.315 e. The third kappa shape index (κ3) is 5.18. The summed E-state index contributed by atoms with van der Waals surface area (Å²) >= 11 is 1.62. The lowest BCUT2D eigenvalue weighted by Gasteiger charge is -2.13. The summed E-state index contributed by atoms with van der Waals surface area (Å²) in [7, 11) is 0. The van der Waals surface area contributed by atoms with E-state index in [0.717, 1.165) is 36.1 Å². The Balaban J connectivity index is 1.78. The Morgan fingerprint density at radius 3 is 2.86 bits per heavy atom. The van der Waals surface area contributed by atoms with E-state index in [0.29, 0.717) is 19.0 Å². The number of rotatable bonds is 6. The van der Waals surface area contributed by atoms with Gasteiger partial charge in [-0.2, -0.15) is 11.8 Å². The van der Waals surface area contributed by atoms with Crippen LogP contribution in [0, 0.1) is 11.7 Å². The van der Waals surface area contributed by atoms with Crippen molar-refractivity contribution in [3.05, 3.63) is 35.1 Å². The second kappa shape index (κ2) is 8.39. The van der Waals surface area contributed by atoms with Gasteiger partial charge in [-0.25, -0.2) is 9.18 Å². The van der Waals surface area contributed by atoms with Crippen LogP contribution in [0.1, 0.15) is 30.4 Å². The van der Waals surface area contributed by atoms with Gasteiger partial charge in [0, 0.05) is 18.8 Å². The minimum atomic E-state index is -0.253. The van der Waals surface area contributed by atoms with Crippen molar-refractivity contribution in [2.45, 2.75) is 37.7 Å². The first-order chi connectivity index (χ1) is 10.6. The number of urea groups is 1. The molecule has 0 aromatic heterocycles. The Morgan fingerprint density at radius 2 is 2.18 bits per heavy atom. The summed E-state index contributed by atoms with van der Waals surface area (Å²) in [5.41, 5.74) is 1.84. The smallest absolute Gasteiger partial charge is 0.315 e. The highest BCUT2D eigenvalue weighted by Gasteiger charge is 2.22. The van der Waals surface area contributed by atoms with Gasteiger partial charge in [0.2, 0.25) is 0 Å². The molecule has 2 rings (SSSR count). The van der Waals surface area contributed by atoms with Crippen LogP contribution in [-0.2, 0) is 12.3 Å². The number of aliphatic hydroxyl groups is 1. The highest BCUT2D eigenvalue weighted by Crippen LogP contribution is 2.24. The van der Waals surface area contributed by atoms with E-state index in [4.69, 9.17) is 0 Å². The maximum atomic E-state index is 13.3. The molecule has 1 saturated carbocycles. The Kier molecular flexibility index (Phi) is 6.51. The van der Waals surface area contributed by atoms with Crippen molar-refractivity contribution in [1.82, 2.24) is 10.6 Å². The van der Waals surface area contributed by atoms with Crippen molar-refractivity contribution in [2.24, 2.45) is 5.92 Å². The quantitative estimate of drug-likeness (QED) is 0.753. The van der Waals surface area contributed by atoms with Crippen LogP contribution in [0.4, 0.5) is 9.18 Å². The van der Waals surface area contributed by atoms with E-state index < -0.39 is 0 Å². The van der Waals surface area contributed by atoms with Crippen LogP contribution in [0.25, 0.3) is 0 Å². The fraction of sp³-hybridized carbons (Fsp3) is 0.562. The van der Waals surface area contributed by atoms with Crippen molar-refractivity contribution in [1.29, 1.82) is 0 Å². The zero-order valence-corrected chi connectivity index (χ0v) is 13.6. The largest absolute Gasteiger partial charge is 0.393 e. The molecular weight excluding hydrogens is 303 g/mol. The van der Waals surface area contributed by atoms with Gasteiger partial charge in [-0.15, -0.1) is 0 Å². The van der Waals surface area contributed by atoms with Gasteiger partial charge in [0.25, 0.3) is 0 Å². The van der Waals surface area contributed by atoms with Crippen LogP contribution < -0.4 is 10.6 Å². The molecular formula is C16H23FN2O2S. The zero-order valence-electron chi connectivity index (χ0n) is 12.8. The predicted molar refractivity (Wildman–Crippen MR) is 87.2 cm³/mol. The molecule has 122 valence electrons. The monoisotopic (exact) mass is 326 g/mol. The number of benzene rings is 1. The van der Waals surface area contributed by atoms with Crippen molar-refractivity contribution >= 4 is 17.8 Å². The average molecular weight is 326 g/mol. The van der Waals surface area contributed by atoms with E-state index in [9.17, 15) is 14.3 Å². The van der Waals surface area contributed by atoms with E-state index in [2.05, 4.69) is 10.6 Å². The van der Waals surface area contributed by atoms with Gasteiger partial charge in [0.15, 0.2) is 0 Å². The molecule has 2 amide bonds. The van der Waals surface area contributed by atoms with Crippen molar-refractivity contribution in [3.8, 4) is 0 Å². The maximum absolute atomic E-state index is 13.3. The van der Waals surface area contributed by atoms with E-state index >= 15 is 0 Å². The van der Waals surface area contributed by atoms with Crippen LogP contribution in [0.15, 0.2) is 18.2 Å². The third-order valence-electron chi connectivity index (χ3n) is 3.97. The molecule has 0 heterocycles. The molecule has 1 aromatic rings. The summed E-state index contributed by atoms with van der Waals surface area (Å²) in [4.78, 5) is 11.8.